The molecule has 4 aliphatic rings. The van der Waals surface area contributed by atoms with Crippen LogP contribution in [0, 0.1) is 22.0 Å². The Hall–Kier alpha value is -5.15. The number of benzene rings is 4. The zero-order valence-electron chi connectivity index (χ0n) is 22.4. The van der Waals surface area contributed by atoms with Crippen LogP contribution in [0.2, 0.25) is 5.02 Å². The predicted octanol–water partition coefficient (Wildman–Crippen LogP) is 5.38. The first-order valence-electron chi connectivity index (χ1n) is 13.7. The topological polar surface area (TPSA) is 118 Å². The molecule has 1 fully saturated rings. The number of rotatable bonds is 6. The normalized spacial score (nSPS) is 21.2. The summed E-state index contributed by atoms with van der Waals surface area (Å²) in [5.74, 6) is -4.77. The van der Waals surface area contributed by atoms with Crippen molar-refractivity contribution in [3.8, 4) is 0 Å². The molecular weight excluding hydrogens is 570 g/mol. The summed E-state index contributed by atoms with van der Waals surface area (Å²) >= 11 is 5.99. The second kappa shape index (κ2) is 9.99. The number of hydrazine groups is 1. The zero-order valence-corrected chi connectivity index (χ0v) is 23.2. The van der Waals surface area contributed by atoms with Crippen LogP contribution in [0.5, 0.6) is 0 Å². The Balaban J connectivity index is 1.32. The first-order chi connectivity index (χ1) is 20.8. The monoisotopic (exact) mass is 591 g/mol. The van der Waals surface area contributed by atoms with Crippen LogP contribution in [0.1, 0.15) is 54.8 Å². The van der Waals surface area contributed by atoms with E-state index < -0.39 is 58.6 Å². The third-order valence-corrected chi connectivity index (χ3v) is 8.94. The molecule has 2 atom stereocenters. The Bertz CT molecular complexity index is 1740. The summed E-state index contributed by atoms with van der Waals surface area (Å²) in [5.41, 5.74) is 3.89. The summed E-state index contributed by atoms with van der Waals surface area (Å²) in [6, 6.07) is 26.4. The standard InChI is InChI=1S/C33H22ClN3O6/c34-20-13-9-18(10-14-20)26(38)17-35(31(39)19-11-15-21(16-12-19)37(42)43)36-32(40)29-27-22-5-1-2-6-23(22)28(30(29)33(36)41)25-8-4-3-7-24(25)27/h1-16,27-30H,17H2/t27?,28?,29-,30-/m0/s1. The van der Waals surface area contributed by atoms with E-state index >= 15 is 0 Å². The van der Waals surface area contributed by atoms with Crippen LogP contribution in [-0.4, -0.2) is 45.0 Å². The molecule has 1 saturated heterocycles. The number of nitro benzene ring substituents is 1. The Labute approximate surface area is 250 Å². The smallest absolute Gasteiger partial charge is 0.273 e. The second-order valence-electron chi connectivity index (χ2n) is 10.8. The zero-order chi connectivity index (χ0) is 30.0. The van der Waals surface area contributed by atoms with Crippen molar-refractivity contribution in [3.05, 3.63) is 146 Å². The number of hydrogen-bond acceptors (Lipinski definition) is 6. The molecule has 43 heavy (non-hydrogen) atoms. The van der Waals surface area contributed by atoms with Gasteiger partial charge in [0, 0.05) is 40.1 Å². The van der Waals surface area contributed by atoms with E-state index in [9.17, 15) is 29.3 Å². The molecule has 9 nitrogen and oxygen atoms in total. The highest BCUT2D eigenvalue weighted by atomic mass is 35.5. The maximum absolute atomic E-state index is 14.3. The van der Waals surface area contributed by atoms with E-state index in [2.05, 4.69) is 0 Å². The lowest BCUT2D eigenvalue weighted by Crippen LogP contribution is -2.52. The minimum atomic E-state index is -0.806. The lowest BCUT2D eigenvalue weighted by molar-refractivity contribution is -0.384. The number of nitro groups is 1. The number of hydrogen-bond donors (Lipinski definition) is 0. The van der Waals surface area contributed by atoms with Gasteiger partial charge in [0.1, 0.15) is 6.54 Å². The Morgan fingerprint density at radius 1 is 0.721 bits per heavy atom. The lowest BCUT2D eigenvalue weighted by Gasteiger charge is -2.45. The van der Waals surface area contributed by atoms with Crippen molar-refractivity contribution in [2.24, 2.45) is 11.8 Å². The Morgan fingerprint density at radius 2 is 1.16 bits per heavy atom. The van der Waals surface area contributed by atoms with Crippen LogP contribution < -0.4 is 0 Å². The van der Waals surface area contributed by atoms with Gasteiger partial charge in [-0.2, -0.15) is 5.01 Å². The van der Waals surface area contributed by atoms with Gasteiger partial charge in [0.25, 0.3) is 23.4 Å². The molecule has 8 rings (SSSR count). The highest BCUT2D eigenvalue weighted by Gasteiger charge is 2.63. The fourth-order valence-electron chi connectivity index (χ4n) is 6.87. The highest BCUT2D eigenvalue weighted by Crippen LogP contribution is 2.61. The van der Waals surface area contributed by atoms with Crippen LogP contribution in [-0.2, 0) is 9.59 Å². The lowest BCUT2D eigenvalue weighted by atomic mass is 9.55. The molecule has 4 aromatic carbocycles. The van der Waals surface area contributed by atoms with Gasteiger partial charge in [-0.05, 0) is 58.7 Å². The summed E-state index contributed by atoms with van der Waals surface area (Å²) in [6.45, 7) is -0.608. The van der Waals surface area contributed by atoms with Gasteiger partial charge < -0.3 is 0 Å². The molecule has 0 aromatic heterocycles. The van der Waals surface area contributed by atoms with Gasteiger partial charge in [-0.1, -0.05) is 60.1 Å². The first kappa shape index (κ1) is 26.7. The number of nitrogens with zero attached hydrogens (tertiary/aromatic N) is 3. The number of carbonyl (C=O) groups is 4. The molecular formula is C33H22ClN3O6. The number of carbonyl (C=O) groups excluding carboxylic acids is 4. The quantitative estimate of drug-likeness (QED) is 0.129. The summed E-state index contributed by atoms with van der Waals surface area (Å²) in [4.78, 5) is 66.7. The molecule has 1 aliphatic heterocycles. The van der Waals surface area contributed by atoms with Gasteiger partial charge in [0.2, 0.25) is 0 Å². The van der Waals surface area contributed by atoms with Crippen LogP contribution in [0.4, 0.5) is 5.69 Å². The average Bonchev–Trinajstić information content (AvgIpc) is 3.29. The first-order valence-corrected chi connectivity index (χ1v) is 14.0. The van der Waals surface area contributed by atoms with Crippen molar-refractivity contribution in [1.82, 2.24) is 10.0 Å². The molecule has 1 heterocycles. The van der Waals surface area contributed by atoms with Gasteiger partial charge in [-0.3, -0.25) is 29.3 Å². The van der Waals surface area contributed by atoms with Gasteiger partial charge in [-0.15, -0.1) is 0 Å². The molecule has 0 saturated carbocycles. The molecule has 4 aromatic rings. The number of imide groups is 1. The molecule has 10 heteroatoms. The number of Topliss-reactive ketones (excluding diaryl/α,β-unsaturated/α-hetero) is 1. The van der Waals surface area contributed by atoms with E-state index in [0.717, 1.165) is 44.4 Å². The summed E-state index contributed by atoms with van der Waals surface area (Å²) in [5, 5.41) is 13.3. The number of non-ortho nitro benzene ring substituents is 1. The SMILES string of the molecule is O=C(CN(C(=O)c1ccc([N+](=O)[O-])cc1)N1C(=O)[C@H]2C3c4ccccc4C(c4ccccc43)[C@@H]2C1=O)c1ccc(Cl)cc1. The van der Waals surface area contributed by atoms with Crippen molar-refractivity contribution in [1.29, 1.82) is 0 Å². The van der Waals surface area contributed by atoms with Gasteiger partial charge >= 0.3 is 0 Å². The molecule has 3 amide bonds. The Morgan fingerprint density at radius 3 is 1.60 bits per heavy atom. The largest absolute Gasteiger partial charge is 0.292 e. The van der Waals surface area contributed by atoms with E-state index in [-0.39, 0.29) is 16.8 Å². The van der Waals surface area contributed by atoms with E-state index in [1.54, 1.807) is 0 Å². The second-order valence-corrected chi connectivity index (χ2v) is 11.3. The van der Waals surface area contributed by atoms with Crippen molar-refractivity contribution in [2.45, 2.75) is 11.8 Å². The van der Waals surface area contributed by atoms with Crippen molar-refractivity contribution < 1.29 is 24.1 Å². The fraction of sp³-hybridized carbons (Fsp3) is 0.152. The molecule has 0 unspecified atom stereocenters. The number of ketones is 1. The van der Waals surface area contributed by atoms with Gasteiger partial charge in [0.15, 0.2) is 5.78 Å². The maximum atomic E-state index is 14.3. The summed E-state index contributed by atoms with van der Waals surface area (Å²) in [6.07, 6.45) is 0. The van der Waals surface area contributed by atoms with Crippen molar-refractivity contribution >= 4 is 40.8 Å². The number of amides is 3. The molecule has 0 N–H and O–H groups in total. The molecule has 0 radical (unpaired) electrons. The van der Waals surface area contributed by atoms with E-state index in [0.29, 0.717) is 5.02 Å². The minimum Gasteiger partial charge on any atom is -0.292 e. The molecule has 3 aliphatic carbocycles. The minimum absolute atomic E-state index is 0.0143. The third kappa shape index (κ3) is 4.07. The number of halogens is 1. The summed E-state index contributed by atoms with van der Waals surface area (Å²) < 4.78 is 0. The Kier molecular flexibility index (Phi) is 6.21. The molecule has 212 valence electrons. The maximum Gasteiger partial charge on any atom is 0.273 e. The van der Waals surface area contributed by atoms with E-state index in [1.165, 1.54) is 36.4 Å². The van der Waals surface area contributed by atoms with Crippen molar-refractivity contribution in [2.75, 3.05) is 6.54 Å². The van der Waals surface area contributed by atoms with Crippen LogP contribution in [0.15, 0.2) is 97.1 Å². The third-order valence-electron chi connectivity index (χ3n) is 8.69. The van der Waals surface area contributed by atoms with Crippen LogP contribution in [0.25, 0.3) is 0 Å². The summed E-state index contributed by atoms with van der Waals surface area (Å²) in [7, 11) is 0. The predicted molar refractivity (Wildman–Crippen MR) is 155 cm³/mol. The van der Waals surface area contributed by atoms with E-state index in [1.807, 2.05) is 48.5 Å². The molecule has 2 bridgehead atoms. The van der Waals surface area contributed by atoms with Crippen LogP contribution >= 0.6 is 11.6 Å². The highest BCUT2D eigenvalue weighted by molar-refractivity contribution is 6.30. The fourth-order valence-corrected chi connectivity index (χ4v) is 7.00. The van der Waals surface area contributed by atoms with Gasteiger partial charge in [0.05, 0.1) is 16.8 Å². The van der Waals surface area contributed by atoms with Crippen molar-refractivity contribution in [3.63, 3.8) is 0 Å². The van der Waals surface area contributed by atoms with Crippen LogP contribution in [0.3, 0.4) is 0 Å². The molecule has 0 spiro atoms. The van der Waals surface area contributed by atoms with E-state index in [4.69, 9.17) is 11.6 Å². The average molecular weight is 592 g/mol. The van der Waals surface area contributed by atoms with Gasteiger partial charge in [-0.25, -0.2) is 5.01 Å².